The highest BCUT2D eigenvalue weighted by atomic mass is 32.2. The molecule has 0 atom stereocenters. The Kier molecular flexibility index (Phi) is 6.16. The van der Waals surface area contributed by atoms with E-state index in [2.05, 4.69) is 4.98 Å². The van der Waals surface area contributed by atoms with E-state index in [1.807, 2.05) is 27.8 Å². The molecule has 2 aromatic rings. The summed E-state index contributed by atoms with van der Waals surface area (Å²) in [5, 5.41) is -0.370. The zero-order chi connectivity index (χ0) is 27.7. The van der Waals surface area contributed by atoms with Crippen LogP contribution >= 0.6 is 0 Å². The van der Waals surface area contributed by atoms with Crippen LogP contribution in [-0.2, 0) is 26.5 Å². The molecule has 1 N–H and O–H groups in total. The zero-order valence-electron chi connectivity index (χ0n) is 22.7. The van der Waals surface area contributed by atoms with Crippen LogP contribution in [-0.4, -0.2) is 82.6 Å². The van der Waals surface area contributed by atoms with E-state index in [0.29, 0.717) is 92.6 Å². The molecule has 0 radical (unpaired) electrons. The number of sulfone groups is 1. The number of H-pyrrole nitrogens is 1. The van der Waals surface area contributed by atoms with Gasteiger partial charge >= 0.3 is 0 Å². The number of fused-ring (bicyclic) bond motifs is 3. The molecule has 0 aliphatic carbocycles. The second kappa shape index (κ2) is 9.21. The molecule has 210 valence electrons. The van der Waals surface area contributed by atoms with Gasteiger partial charge in [-0.05, 0) is 50.7 Å². The van der Waals surface area contributed by atoms with Gasteiger partial charge < -0.3 is 19.6 Å². The number of nitrogens with zero attached hydrogens (tertiary/aromatic N) is 5. The smallest absolute Gasteiger partial charge is 0.257 e. The second-order valence-corrected chi connectivity index (χ2v) is 13.8. The van der Waals surface area contributed by atoms with Gasteiger partial charge in [-0.3, -0.25) is 14.6 Å². The highest BCUT2D eigenvalue weighted by Gasteiger charge is 2.53. The number of rotatable bonds is 3. The van der Waals surface area contributed by atoms with E-state index in [9.17, 15) is 18.0 Å². The Labute approximate surface area is 227 Å². The van der Waals surface area contributed by atoms with Gasteiger partial charge in [0.2, 0.25) is 11.9 Å². The van der Waals surface area contributed by atoms with Crippen LogP contribution in [0.1, 0.15) is 43.2 Å². The van der Waals surface area contributed by atoms with E-state index < -0.39 is 21.1 Å². The van der Waals surface area contributed by atoms with E-state index in [0.717, 1.165) is 13.0 Å². The molecule has 1 aromatic carbocycles. The Bertz CT molecular complexity index is 1490. The Balaban J connectivity index is 1.25. The lowest BCUT2D eigenvalue weighted by molar-refractivity contribution is -0.123. The maximum atomic E-state index is 15.9. The fourth-order valence-corrected chi connectivity index (χ4v) is 7.97. The molecule has 2 saturated heterocycles. The van der Waals surface area contributed by atoms with Crippen molar-refractivity contribution in [3.8, 4) is 0 Å². The molecule has 5 heterocycles. The van der Waals surface area contributed by atoms with Crippen LogP contribution in [0.25, 0.3) is 0 Å². The number of amides is 1. The molecule has 12 heteroatoms. The van der Waals surface area contributed by atoms with Crippen LogP contribution in [0.4, 0.5) is 27.5 Å². The SMILES string of the molecule is CN1CCCc2c1nc(N1CCC3(CC1)C(=O)N(C)c1cc(N4CCC(S(C)(=O)=O)CC4)cc(F)c13)[nH]c2=O. The number of nitrogens with one attached hydrogen (secondary N) is 1. The molecule has 4 aliphatic heterocycles. The quantitative estimate of drug-likeness (QED) is 0.608. The number of likely N-dealkylation sites (N-methyl/N-ethyl adjacent to an activating group) is 1. The van der Waals surface area contributed by atoms with E-state index in [1.165, 1.54) is 12.3 Å². The lowest BCUT2D eigenvalue weighted by Crippen LogP contribution is -2.49. The lowest BCUT2D eigenvalue weighted by atomic mass is 9.73. The number of benzene rings is 1. The highest BCUT2D eigenvalue weighted by molar-refractivity contribution is 7.91. The largest absolute Gasteiger partial charge is 0.371 e. The van der Waals surface area contributed by atoms with Crippen molar-refractivity contribution in [3.63, 3.8) is 0 Å². The van der Waals surface area contributed by atoms with Crippen molar-refractivity contribution in [1.82, 2.24) is 9.97 Å². The van der Waals surface area contributed by atoms with Crippen LogP contribution in [0.3, 0.4) is 0 Å². The minimum atomic E-state index is -3.10. The number of carbonyl (C=O) groups is 1. The molecule has 10 nitrogen and oxygen atoms in total. The highest BCUT2D eigenvalue weighted by Crippen LogP contribution is 2.50. The number of anilines is 4. The van der Waals surface area contributed by atoms with E-state index in [4.69, 9.17) is 4.98 Å². The van der Waals surface area contributed by atoms with Gasteiger partial charge in [-0.2, -0.15) is 4.98 Å². The van der Waals surface area contributed by atoms with Gasteiger partial charge in [-0.25, -0.2) is 12.8 Å². The fraction of sp³-hybridized carbons (Fsp3) is 0.593. The van der Waals surface area contributed by atoms with E-state index >= 15 is 4.39 Å². The minimum absolute atomic E-state index is 0.115. The van der Waals surface area contributed by atoms with E-state index in [1.54, 1.807) is 11.9 Å². The van der Waals surface area contributed by atoms with Crippen molar-refractivity contribution in [1.29, 1.82) is 0 Å². The van der Waals surface area contributed by atoms with Gasteiger partial charge in [-0.1, -0.05) is 0 Å². The average molecular weight is 559 g/mol. The van der Waals surface area contributed by atoms with Crippen molar-refractivity contribution in [2.75, 3.05) is 72.7 Å². The Hall–Kier alpha value is -3.15. The van der Waals surface area contributed by atoms with Crippen molar-refractivity contribution in [3.05, 3.63) is 39.4 Å². The first-order chi connectivity index (χ1) is 18.5. The van der Waals surface area contributed by atoms with Crippen molar-refractivity contribution >= 4 is 38.9 Å². The predicted octanol–water partition coefficient (Wildman–Crippen LogP) is 1.82. The van der Waals surface area contributed by atoms with Crippen molar-refractivity contribution < 1.29 is 17.6 Å². The Morgan fingerprint density at radius 3 is 2.38 bits per heavy atom. The van der Waals surface area contributed by atoms with Crippen LogP contribution in [0.5, 0.6) is 0 Å². The van der Waals surface area contributed by atoms with Crippen molar-refractivity contribution in [2.24, 2.45) is 0 Å². The molecule has 1 aromatic heterocycles. The first-order valence-corrected chi connectivity index (χ1v) is 15.6. The monoisotopic (exact) mass is 558 g/mol. The fourth-order valence-electron chi connectivity index (χ4n) is 6.91. The summed E-state index contributed by atoms with van der Waals surface area (Å²) >= 11 is 0. The molecule has 1 spiro atoms. The Morgan fingerprint density at radius 1 is 1.03 bits per heavy atom. The number of aromatic amines is 1. The van der Waals surface area contributed by atoms with Crippen LogP contribution in [0, 0.1) is 5.82 Å². The summed E-state index contributed by atoms with van der Waals surface area (Å²) in [6, 6.07) is 3.37. The summed E-state index contributed by atoms with van der Waals surface area (Å²) < 4.78 is 39.8. The molecule has 1 amide bonds. The number of carbonyl (C=O) groups excluding carboxylic acids is 1. The molecule has 0 saturated carbocycles. The first-order valence-electron chi connectivity index (χ1n) is 13.6. The molecule has 0 unspecified atom stereocenters. The van der Waals surface area contributed by atoms with Gasteiger partial charge in [0.05, 0.1) is 21.9 Å². The van der Waals surface area contributed by atoms with Gasteiger partial charge in [0.15, 0.2) is 0 Å². The Morgan fingerprint density at radius 2 is 1.72 bits per heavy atom. The number of aromatic nitrogens is 2. The number of hydrogen-bond acceptors (Lipinski definition) is 8. The minimum Gasteiger partial charge on any atom is -0.371 e. The topological polar surface area (TPSA) is 110 Å². The second-order valence-electron chi connectivity index (χ2n) is 11.5. The van der Waals surface area contributed by atoms with Gasteiger partial charge in [0.25, 0.3) is 5.56 Å². The molecule has 4 aliphatic rings. The summed E-state index contributed by atoms with van der Waals surface area (Å²) in [5.41, 5.74) is 1.32. The molecule has 2 fully saturated rings. The summed E-state index contributed by atoms with van der Waals surface area (Å²) in [6.07, 6.45) is 4.72. The van der Waals surface area contributed by atoms with Gasteiger partial charge in [0, 0.05) is 64.3 Å². The van der Waals surface area contributed by atoms with Crippen LogP contribution in [0.2, 0.25) is 0 Å². The first kappa shape index (κ1) is 26.1. The standard InChI is InChI=1S/C27H35FN6O4S/c1-31-10-4-5-19-23(31)29-26(30-24(19)35)34-13-8-27(9-14-34)22-20(28)15-17(16-21(22)32(2)25(27)36)33-11-6-18(7-12-33)39(3,37)38/h15-16,18H,4-14H2,1-3H3,(H,29,30,35). The zero-order valence-corrected chi connectivity index (χ0v) is 23.5. The van der Waals surface area contributed by atoms with Crippen molar-refractivity contribution in [2.45, 2.75) is 49.2 Å². The predicted molar refractivity (Wildman–Crippen MR) is 149 cm³/mol. The molecule has 39 heavy (non-hydrogen) atoms. The number of piperidine rings is 2. The number of hydrogen-bond donors (Lipinski definition) is 1. The third-order valence-electron chi connectivity index (χ3n) is 9.20. The average Bonchev–Trinajstić information content (AvgIpc) is 3.11. The lowest BCUT2D eigenvalue weighted by Gasteiger charge is -2.39. The summed E-state index contributed by atoms with van der Waals surface area (Å²) in [4.78, 5) is 41.7. The van der Waals surface area contributed by atoms with Gasteiger partial charge in [0.1, 0.15) is 21.5 Å². The molecule has 0 bridgehead atoms. The molecular formula is C27H35FN6O4S. The maximum Gasteiger partial charge on any atom is 0.257 e. The van der Waals surface area contributed by atoms with Crippen LogP contribution < -0.4 is 25.2 Å². The summed E-state index contributed by atoms with van der Waals surface area (Å²) in [5.74, 6) is 0.688. The molecule has 6 rings (SSSR count). The van der Waals surface area contributed by atoms with Crippen LogP contribution in [0.15, 0.2) is 16.9 Å². The third-order valence-corrected chi connectivity index (χ3v) is 10.9. The third kappa shape index (κ3) is 4.18. The summed E-state index contributed by atoms with van der Waals surface area (Å²) in [6.45, 7) is 2.82. The molecular weight excluding hydrogens is 523 g/mol. The summed E-state index contributed by atoms with van der Waals surface area (Å²) in [7, 11) is 0.531. The van der Waals surface area contributed by atoms with Gasteiger partial charge in [-0.15, -0.1) is 0 Å². The normalized spacial score (nSPS) is 21.5. The maximum absolute atomic E-state index is 15.9. The number of halogens is 1. The van der Waals surface area contributed by atoms with E-state index in [-0.39, 0.29) is 16.7 Å².